The SMILES string of the molecule is C=C(C)C(=O)OC1(O)[C@](O)(OC(=O)C(=C)C)[C@H](O)C(O)[C@@H](O)[C@@]1(O)OC(=O)C(=C)C. The molecular weight excluding hydrogens is 408 g/mol. The maximum Gasteiger partial charge on any atom is 0.349 e. The van der Waals surface area contributed by atoms with E-state index in [0.717, 1.165) is 20.8 Å². The largest absolute Gasteiger partial charge is 0.419 e. The first-order valence-corrected chi connectivity index (χ1v) is 8.34. The molecule has 0 heterocycles. The second kappa shape index (κ2) is 8.26. The van der Waals surface area contributed by atoms with Crippen LogP contribution < -0.4 is 0 Å². The van der Waals surface area contributed by atoms with Crippen LogP contribution >= 0.6 is 0 Å². The van der Waals surface area contributed by atoms with E-state index in [9.17, 15) is 45.0 Å². The molecule has 1 aliphatic carbocycles. The fourth-order valence-electron chi connectivity index (χ4n) is 2.38. The number of esters is 3. The van der Waals surface area contributed by atoms with Gasteiger partial charge in [0.2, 0.25) is 0 Å². The van der Waals surface area contributed by atoms with Crippen molar-refractivity contribution in [3.63, 3.8) is 0 Å². The van der Waals surface area contributed by atoms with E-state index in [1.165, 1.54) is 0 Å². The van der Waals surface area contributed by atoms with Gasteiger partial charge in [0.1, 0.15) is 6.10 Å². The second-order valence-electron chi connectivity index (χ2n) is 6.93. The molecule has 30 heavy (non-hydrogen) atoms. The quantitative estimate of drug-likeness (QED) is 0.112. The van der Waals surface area contributed by atoms with Crippen LogP contribution in [0.4, 0.5) is 0 Å². The van der Waals surface area contributed by atoms with E-state index in [0.29, 0.717) is 0 Å². The van der Waals surface area contributed by atoms with E-state index in [4.69, 9.17) is 0 Å². The number of aliphatic hydroxyl groups is 6. The van der Waals surface area contributed by atoms with E-state index in [1.54, 1.807) is 0 Å². The molecular formula is C18H24O12. The molecule has 0 aliphatic heterocycles. The first kappa shape index (κ1) is 25.4. The summed E-state index contributed by atoms with van der Waals surface area (Å²) in [6, 6.07) is 0. The maximum atomic E-state index is 12.1. The molecule has 1 saturated carbocycles. The summed E-state index contributed by atoms with van der Waals surface area (Å²) >= 11 is 0. The van der Waals surface area contributed by atoms with E-state index in [2.05, 4.69) is 33.9 Å². The van der Waals surface area contributed by atoms with Crippen LogP contribution in [-0.4, -0.2) is 84.2 Å². The lowest BCUT2D eigenvalue weighted by Crippen LogP contribution is -2.85. The van der Waals surface area contributed by atoms with E-state index < -0.39 is 70.3 Å². The number of ether oxygens (including phenoxy) is 3. The Hall–Kier alpha value is -2.61. The zero-order valence-corrected chi connectivity index (χ0v) is 16.5. The summed E-state index contributed by atoms with van der Waals surface area (Å²) in [6.07, 6.45) is -8.18. The topological polar surface area (TPSA) is 200 Å². The van der Waals surface area contributed by atoms with E-state index in [-0.39, 0.29) is 0 Å². The van der Waals surface area contributed by atoms with Gasteiger partial charge in [-0.15, -0.1) is 0 Å². The van der Waals surface area contributed by atoms with Gasteiger partial charge in [-0.1, -0.05) is 19.7 Å². The summed E-state index contributed by atoms with van der Waals surface area (Å²) < 4.78 is 13.7. The predicted molar refractivity (Wildman–Crippen MR) is 95.6 cm³/mol. The normalized spacial score (nSPS) is 35.7. The van der Waals surface area contributed by atoms with Crippen molar-refractivity contribution in [3.05, 3.63) is 36.5 Å². The van der Waals surface area contributed by atoms with Crippen LogP contribution in [0.3, 0.4) is 0 Å². The van der Waals surface area contributed by atoms with Crippen molar-refractivity contribution in [1.82, 2.24) is 0 Å². The van der Waals surface area contributed by atoms with E-state index in [1.807, 2.05) is 0 Å². The van der Waals surface area contributed by atoms with Crippen LogP contribution in [0, 0.1) is 0 Å². The van der Waals surface area contributed by atoms with Crippen LogP contribution in [0.5, 0.6) is 0 Å². The molecule has 12 heteroatoms. The minimum Gasteiger partial charge on any atom is -0.419 e. The highest BCUT2D eigenvalue weighted by atomic mass is 16.8. The van der Waals surface area contributed by atoms with Crippen LogP contribution in [0.1, 0.15) is 20.8 Å². The molecule has 0 spiro atoms. The number of rotatable bonds is 6. The lowest BCUT2D eigenvalue weighted by molar-refractivity contribution is -0.503. The molecule has 0 aromatic heterocycles. The minimum absolute atomic E-state index is 0.396. The molecule has 12 nitrogen and oxygen atoms in total. The molecule has 0 bridgehead atoms. The van der Waals surface area contributed by atoms with Gasteiger partial charge < -0.3 is 44.8 Å². The molecule has 0 aromatic carbocycles. The van der Waals surface area contributed by atoms with Crippen molar-refractivity contribution < 1.29 is 59.2 Å². The van der Waals surface area contributed by atoms with Crippen molar-refractivity contribution >= 4 is 17.9 Å². The number of aliphatic hydroxyl groups excluding tert-OH is 3. The lowest BCUT2D eigenvalue weighted by Gasteiger charge is -2.55. The van der Waals surface area contributed by atoms with Crippen molar-refractivity contribution in [3.8, 4) is 0 Å². The minimum atomic E-state index is -4.08. The van der Waals surface area contributed by atoms with Gasteiger partial charge in [-0.05, 0) is 20.8 Å². The monoisotopic (exact) mass is 432 g/mol. The third kappa shape index (κ3) is 3.88. The Morgan fingerprint density at radius 3 is 1.20 bits per heavy atom. The van der Waals surface area contributed by atoms with Gasteiger partial charge in [0.25, 0.3) is 0 Å². The summed E-state index contributed by atoms with van der Waals surface area (Å²) in [6.45, 7) is 12.9. The van der Waals surface area contributed by atoms with Crippen LogP contribution in [0.25, 0.3) is 0 Å². The Balaban J connectivity index is 3.82. The van der Waals surface area contributed by atoms with Gasteiger partial charge in [-0.25, -0.2) is 14.4 Å². The summed E-state index contributed by atoms with van der Waals surface area (Å²) in [4.78, 5) is 36.1. The Labute approximate surface area is 170 Å². The molecule has 1 rings (SSSR count). The molecule has 6 N–H and O–H groups in total. The number of carbonyl (C=O) groups excluding carboxylic acids is 3. The fraction of sp³-hybridized carbons (Fsp3) is 0.500. The van der Waals surface area contributed by atoms with Gasteiger partial charge in [-0.2, -0.15) is 0 Å². The zero-order valence-electron chi connectivity index (χ0n) is 16.5. The van der Waals surface area contributed by atoms with Crippen molar-refractivity contribution in [2.45, 2.75) is 56.4 Å². The smallest absolute Gasteiger partial charge is 0.349 e. The van der Waals surface area contributed by atoms with Gasteiger partial charge in [0.05, 0.1) is 0 Å². The summed E-state index contributed by atoms with van der Waals surface area (Å²) in [5.74, 6) is -16.3. The molecule has 4 atom stereocenters. The highest BCUT2D eigenvalue weighted by Crippen LogP contribution is 2.47. The molecule has 0 aromatic rings. The summed E-state index contributed by atoms with van der Waals surface area (Å²) in [7, 11) is 0. The predicted octanol–water partition coefficient (Wildman–Crippen LogP) is -2.49. The third-order valence-corrected chi connectivity index (χ3v) is 4.20. The molecule has 0 amide bonds. The van der Waals surface area contributed by atoms with Gasteiger partial charge >= 0.3 is 35.3 Å². The third-order valence-electron chi connectivity index (χ3n) is 4.20. The van der Waals surface area contributed by atoms with Crippen molar-refractivity contribution in [2.24, 2.45) is 0 Å². The number of hydrogen-bond acceptors (Lipinski definition) is 12. The van der Waals surface area contributed by atoms with Crippen molar-refractivity contribution in [2.75, 3.05) is 0 Å². The molecule has 0 saturated heterocycles. The first-order chi connectivity index (χ1) is 13.5. The Kier molecular flexibility index (Phi) is 7.00. The van der Waals surface area contributed by atoms with E-state index >= 15 is 0 Å². The molecule has 0 radical (unpaired) electrons. The van der Waals surface area contributed by atoms with Crippen LogP contribution in [-0.2, 0) is 28.6 Å². The molecule has 168 valence electrons. The maximum absolute atomic E-state index is 12.1. The number of carbonyl (C=O) groups is 3. The molecule has 1 aliphatic rings. The Morgan fingerprint density at radius 2 is 0.933 bits per heavy atom. The van der Waals surface area contributed by atoms with Crippen LogP contribution in [0.2, 0.25) is 0 Å². The fourth-order valence-corrected chi connectivity index (χ4v) is 2.38. The summed E-state index contributed by atoms with van der Waals surface area (Å²) in [5.41, 5.74) is -1.22. The van der Waals surface area contributed by atoms with Gasteiger partial charge in [0, 0.05) is 16.7 Å². The Bertz CT molecular complexity index is 753. The zero-order chi connectivity index (χ0) is 23.8. The Morgan fingerprint density at radius 1 is 0.667 bits per heavy atom. The highest BCUT2D eigenvalue weighted by molar-refractivity contribution is 5.89. The van der Waals surface area contributed by atoms with Gasteiger partial charge in [0.15, 0.2) is 12.2 Å². The summed E-state index contributed by atoms with van der Waals surface area (Å²) in [5, 5.41) is 63.3. The second-order valence-corrected chi connectivity index (χ2v) is 6.93. The standard InChI is InChI=1S/C18H24O12/c1-7(2)13(22)28-16(25)11(20)10(19)12(21)17(26,29-14(23)8(3)4)18(16,27)30-15(24)9(5)6/h10-12,19-21,25-27H,1,3,5H2,2,4,6H3/t10?,11-,12-,16-,17-,18?/m1/s1. The van der Waals surface area contributed by atoms with Crippen molar-refractivity contribution in [1.29, 1.82) is 0 Å². The average molecular weight is 432 g/mol. The molecule has 1 fully saturated rings. The van der Waals surface area contributed by atoms with Gasteiger partial charge in [-0.3, -0.25) is 0 Å². The van der Waals surface area contributed by atoms with Crippen LogP contribution in [0.15, 0.2) is 36.5 Å². The lowest BCUT2D eigenvalue weighted by atomic mass is 9.76. The average Bonchev–Trinajstić information content (AvgIpc) is 2.63. The first-order valence-electron chi connectivity index (χ1n) is 8.34. The number of hydrogen-bond donors (Lipinski definition) is 6. The molecule has 0 unspecified atom stereocenters. The highest BCUT2D eigenvalue weighted by Gasteiger charge is 2.82.